The maximum absolute atomic E-state index is 12.3. The Hall–Kier alpha value is -1.37. The van der Waals surface area contributed by atoms with Crippen molar-refractivity contribution in [1.29, 1.82) is 0 Å². The van der Waals surface area contributed by atoms with Gasteiger partial charge in [0.1, 0.15) is 6.54 Å². The maximum Gasteiger partial charge on any atom is 0.325 e. The number of carbonyl (C=O) groups is 2. The Labute approximate surface area is 126 Å². The van der Waals surface area contributed by atoms with Crippen molar-refractivity contribution < 1.29 is 14.3 Å². The predicted octanol–water partition coefficient (Wildman–Crippen LogP) is 2.48. The van der Waals surface area contributed by atoms with Crippen molar-refractivity contribution in [3.63, 3.8) is 0 Å². The molecule has 0 saturated heterocycles. The summed E-state index contributed by atoms with van der Waals surface area (Å²) in [5.41, 5.74) is 0.554. The SMILES string of the molecule is C=CCN(CC(=O)OCC)C(=O)c1cccc(I)c1. The fourth-order valence-corrected chi connectivity index (χ4v) is 2.08. The van der Waals surface area contributed by atoms with E-state index < -0.39 is 5.97 Å². The lowest BCUT2D eigenvalue weighted by Gasteiger charge is -2.20. The van der Waals surface area contributed by atoms with Crippen LogP contribution in [0.3, 0.4) is 0 Å². The van der Waals surface area contributed by atoms with E-state index in [2.05, 4.69) is 29.2 Å². The zero-order valence-corrected chi connectivity index (χ0v) is 12.9. The summed E-state index contributed by atoms with van der Waals surface area (Å²) in [6, 6.07) is 7.22. The molecule has 0 aromatic heterocycles. The van der Waals surface area contributed by atoms with Crippen molar-refractivity contribution in [2.24, 2.45) is 0 Å². The number of ether oxygens (including phenoxy) is 1. The lowest BCUT2D eigenvalue weighted by atomic mass is 10.2. The first kappa shape index (κ1) is 15.7. The molecular formula is C14H16INO3. The molecule has 0 aliphatic heterocycles. The molecule has 1 aromatic carbocycles. The van der Waals surface area contributed by atoms with E-state index in [1.165, 1.54) is 4.90 Å². The molecule has 1 rings (SSSR count). The van der Waals surface area contributed by atoms with E-state index in [1.807, 2.05) is 12.1 Å². The molecule has 5 heteroatoms. The number of amides is 1. The molecule has 0 aliphatic rings. The first-order chi connectivity index (χ1) is 9.08. The first-order valence-corrected chi connectivity index (χ1v) is 6.97. The van der Waals surface area contributed by atoms with Gasteiger partial charge in [0.15, 0.2) is 0 Å². The fourth-order valence-electron chi connectivity index (χ4n) is 1.54. The summed E-state index contributed by atoms with van der Waals surface area (Å²) in [5.74, 6) is -0.616. The highest BCUT2D eigenvalue weighted by atomic mass is 127. The third-order valence-electron chi connectivity index (χ3n) is 2.33. The Morgan fingerprint density at radius 2 is 2.21 bits per heavy atom. The number of nitrogens with zero attached hydrogens (tertiary/aromatic N) is 1. The van der Waals surface area contributed by atoms with Gasteiger partial charge in [0, 0.05) is 15.7 Å². The van der Waals surface area contributed by atoms with Gasteiger partial charge < -0.3 is 9.64 Å². The van der Waals surface area contributed by atoms with Crippen LogP contribution in [-0.4, -0.2) is 36.5 Å². The number of carbonyl (C=O) groups excluding carboxylic acids is 2. The van der Waals surface area contributed by atoms with Crippen LogP contribution in [0.25, 0.3) is 0 Å². The van der Waals surface area contributed by atoms with E-state index in [-0.39, 0.29) is 12.5 Å². The number of rotatable bonds is 6. The summed E-state index contributed by atoms with van der Waals surface area (Å²) in [6.45, 7) is 5.88. The highest BCUT2D eigenvalue weighted by Crippen LogP contribution is 2.10. The standard InChI is InChI=1S/C14H16INO3/c1-3-8-16(10-13(17)19-4-2)14(18)11-6-5-7-12(15)9-11/h3,5-7,9H,1,4,8,10H2,2H3. The van der Waals surface area contributed by atoms with Crippen molar-refractivity contribution in [2.75, 3.05) is 19.7 Å². The van der Waals surface area contributed by atoms with Gasteiger partial charge in [-0.3, -0.25) is 9.59 Å². The minimum Gasteiger partial charge on any atom is -0.465 e. The van der Waals surface area contributed by atoms with E-state index in [0.29, 0.717) is 18.7 Å². The predicted molar refractivity (Wildman–Crippen MR) is 81.9 cm³/mol. The highest BCUT2D eigenvalue weighted by molar-refractivity contribution is 14.1. The van der Waals surface area contributed by atoms with Gasteiger partial charge in [-0.1, -0.05) is 12.1 Å². The normalized spacial score (nSPS) is 9.79. The average Bonchev–Trinajstić information content (AvgIpc) is 2.37. The van der Waals surface area contributed by atoms with Gasteiger partial charge in [-0.25, -0.2) is 0 Å². The molecule has 0 N–H and O–H groups in total. The minimum absolute atomic E-state index is 0.0653. The molecule has 0 aliphatic carbocycles. The molecule has 0 radical (unpaired) electrons. The summed E-state index contributed by atoms with van der Waals surface area (Å²) in [6.07, 6.45) is 1.59. The lowest BCUT2D eigenvalue weighted by Crippen LogP contribution is -2.36. The molecule has 0 spiro atoms. The summed E-state index contributed by atoms with van der Waals surface area (Å²) < 4.78 is 5.83. The Morgan fingerprint density at radius 1 is 1.47 bits per heavy atom. The van der Waals surface area contributed by atoms with Crippen molar-refractivity contribution in [3.05, 3.63) is 46.1 Å². The number of esters is 1. The highest BCUT2D eigenvalue weighted by Gasteiger charge is 2.18. The first-order valence-electron chi connectivity index (χ1n) is 5.89. The zero-order valence-electron chi connectivity index (χ0n) is 10.8. The third kappa shape index (κ3) is 5.02. The molecule has 0 heterocycles. The van der Waals surface area contributed by atoms with Crippen LogP contribution >= 0.6 is 22.6 Å². The number of hydrogen-bond donors (Lipinski definition) is 0. The monoisotopic (exact) mass is 373 g/mol. The van der Waals surface area contributed by atoms with Gasteiger partial charge in [-0.15, -0.1) is 6.58 Å². The molecule has 1 aromatic rings. The van der Waals surface area contributed by atoms with E-state index in [9.17, 15) is 9.59 Å². The van der Waals surface area contributed by atoms with E-state index >= 15 is 0 Å². The van der Waals surface area contributed by atoms with E-state index in [0.717, 1.165) is 3.57 Å². The van der Waals surface area contributed by atoms with E-state index in [4.69, 9.17) is 4.74 Å². The van der Waals surface area contributed by atoms with Gasteiger partial charge in [-0.2, -0.15) is 0 Å². The largest absolute Gasteiger partial charge is 0.465 e. The van der Waals surface area contributed by atoms with Gasteiger partial charge in [0.25, 0.3) is 5.91 Å². The second-order valence-electron chi connectivity index (χ2n) is 3.79. The summed E-state index contributed by atoms with van der Waals surface area (Å²) in [4.78, 5) is 25.2. The lowest BCUT2D eigenvalue weighted by molar-refractivity contribution is -0.143. The van der Waals surface area contributed by atoms with Crippen LogP contribution in [0.2, 0.25) is 0 Å². The molecule has 0 atom stereocenters. The van der Waals surface area contributed by atoms with Gasteiger partial charge >= 0.3 is 5.97 Å². The molecular weight excluding hydrogens is 357 g/mol. The average molecular weight is 373 g/mol. The molecule has 1 amide bonds. The molecule has 0 fully saturated rings. The minimum atomic E-state index is -0.414. The number of hydrogen-bond acceptors (Lipinski definition) is 3. The molecule has 0 saturated carbocycles. The van der Waals surface area contributed by atoms with Crippen LogP contribution in [0, 0.1) is 3.57 Å². The number of benzene rings is 1. The fraction of sp³-hybridized carbons (Fsp3) is 0.286. The molecule has 0 bridgehead atoms. The van der Waals surface area contributed by atoms with Crippen molar-refractivity contribution in [3.8, 4) is 0 Å². The summed E-state index contributed by atoms with van der Waals surface area (Å²) in [7, 11) is 0. The van der Waals surface area contributed by atoms with E-state index in [1.54, 1.807) is 25.1 Å². The second-order valence-corrected chi connectivity index (χ2v) is 5.04. The van der Waals surface area contributed by atoms with Crippen LogP contribution in [0.15, 0.2) is 36.9 Å². The number of halogens is 1. The van der Waals surface area contributed by atoms with Crippen LogP contribution < -0.4 is 0 Å². The van der Waals surface area contributed by atoms with Crippen molar-refractivity contribution in [2.45, 2.75) is 6.92 Å². The third-order valence-corrected chi connectivity index (χ3v) is 3.00. The Bertz CT molecular complexity index is 474. The Kier molecular flexibility index (Phi) is 6.55. The molecule has 102 valence electrons. The van der Waals surface area contributed by atoms with Gasteiger partial charge in [0.2, 0.25) is 0 Å². The topological polar surface area (TPSA) is 46.6 Å². The van der Waals surface area contributed by atoms with Crippen LogP contribution in [0.4, 0.5) is 0 Å². The van der Waals surface area contributed by atoms with Gasteiger partial charge in [0.05, 0.1) is 6.61 Å². The van der Waals surface area contributed by atoms with Crippen LogP contribution in [-0.2, 0) is 9.53 Å². The Balaban J connectivity index is 2.83. The summed E-state index contributed by atoms with van der Waals surface area (Å²) >= 11 is 2.14. The van der Waals surface area contributed by atoms with Crippen molar-refractivity contribution in [1.82, 2.24) is 4.90 Å². The van der Waals surface area contributed by atoms with Crippen molar-refractivity contribution >= 4 is 34.5 Å². The Morgan fingerprint density at radius 3 is 2.79 bits per heavy atom. The van der Waals surface area contributed by atoms with Crippen LogP contribution in [0.1, 0.15) is 17.3 Å². The molecule has 19 heavy (non-hydrogen) atoms. The molecule has 4 nitrogen and oxygen atoms in total. The molecule has 0 unspecified atom stereocenters. The zero-order chi connectivity index (χ0) is 14.3. The van der Waals surface area contributed by atoms with Crippen LogP contribution in [0.5, 0.6) is 0 Å². The summed E-state index contributed by atoms with van der Waals surface area (Å²) in [5, 5.41) is 0. The smallest absolute Gasteiger partial charge is 0.325 e. The van der Waals surface area contributed by atoms with Gasteiger partial charge in [-0.05, 0) is 47.7 Å². The second kappa shape index (κ2) is 7.93. The quantitative estimate of drug-likeness (QED) is 0.437. The maximum atomic E-state index is 12.3.